The second-order valence-corrected chi connectivity index (χ2v) is 6.93. The van der Waals surface area contributed by atoms with Gasteiger partial charge in [-0.15, -0.1) is 0 Å². The molecule has 0 unspecified atom stereocenters. The highest BCUT2D eigenvalue weighted by molar-refractivity contribution is 5.95. The maximum atomic E-state index is 13.0. The van der Waals surface area contributed by atoms with Gasteiger partial charge >= 0.3 is 6.18 Å². The summed E-state index contributed by atoms with van der Waals surface area (Å²) < 4.78 is 39.0. The van der Waals surface area contributed by atoms with Gasteiger partial charge in [-0.25, -0.2) is 0 Å². The number of halogens is 3. The molecule has 0 heterocycles. The van der Waals surface area contributed by atoms with Gasteiger partial charge in [-0.2, -0.15) is 13.2 Å². The van der Waals surface area contributed by atoms with Crippen LogP contribution in [-0.2, 0) is 18.1 Å². The summed E-state index contributed by atoms with van der Waals surface area (Å²) in [4.78, 5) is 12.4. The predicted octanol–water partition coefficient (Wildman–Crippen LogP) is 4.52. The standard InChI is InChI=1S/C19H21F3N2O/c1-18(2,3)14-8-13(9-15(23)10-14)17(25)24-11-12-6-4-5-7-16(12)19(20,21)22/h4-10H,11,23H2,1-3H3,(H,24,25). The number of hydrogen-bond donors (Lipinski definition) is 2. The minimum atomic E-state index is -4.46. The van der Waals surface area contributed by atoms with E-state index < -0.39 is 17.6 Å². The van der Waals surface area contributed by atoms with Crippen molar-refractivity contribution < 1.29 is 18.0 Å². The molecule has 3 N–H and O–H groups in total. The van der Waals surface area contributed by atoms with Crippen LogP contribution in [0.1, 0.15) is 47.8 Å². The van der Waals surface area contributed by atoms with E-state index in [1.54, 1.807) is 12.1 Å². The van der Waals surface area contributed by atoms with Crippen molar-refractivity contribution in [1.82, 2.24) is 5.32 Å². The number of nitrogens with one attached hydrogen (secondary N) is 1. The molecule has 2 aromatic rings. The first-order chi connectivity index (χ1) is 11.5. The first-order valence-corrected chi connectivity index (χ1v) is 7.83. The molecular formula is C19H21F3N2O. The van der Waals surface area contributed by atoms with Gasteiger partial charge in [-0.1, -0.05) is 39.0 Å². The molecule has 0 saturated heterocycles. The van der Waals surface area contributed by atoms with Crippen LogP contribution in [0.25, 0.3) is 0 Å². The summed E-state index contributed by atoms with van der Waals surface area (Å²) in [6, 6.07) is 10.2. The Hall–Kier alpha value is -2.50. The Morgan fingerprint density at radius 2 is 1.72 bits per heavy atom. The van der Waals surface area contributed by atoms with Crippen LogP contribution in [0.4, 0.5) is 18.9 Å². The number of hydrogen-bond acceptors (Lipinski definition) is 2. The first kappa shape index (κ1) is 18.8. The van der Waals surface area contributed by atoms with Gasteiger partial charge in [0.25, 0.3) is 5.91 Å². The Labute approximate surface area is 145 Å². The van der Waals surface area contributed by atoms with Gasteiger partial charge < -0.3 is 11.1 Å². The fourth-order valence-corrected chi connectivity index (χ4v) is 2.44. The fraction of sp³-hybridized carbons (Fsp3) is 0.316. The largest absolute Gasteiger partial charge is 0.416 e. The van der Waals surface area contributed by atoms with Gasteiger partial charge in [0.1, 0.15) is 0 Å². The molecule has 0 radical (unpaired) electrons. The molecule has 0 spiro atoms. The van der Waals surface area contributed by atoms with Crippen molar-refractivity contribution in [3.05, 3.63) is 64.7 Å². The van der Waals surface area contributed by atoms with E-state index in [9.17, 15) is 18.0 Å². The summed E-state index contributed by atoms with van der Waals surface area (Å²) in [5, 5.41) is 2.54. The summed E-state index contributed by atoms with van der Waals surface area (Å²) in [6.07, 6.45) is -4.46. The molecule has 1 amide bonds. The number of nitrogens with two attached hydrogens (primary N) is 1. The topological polar surface area (TPSA) is 55.1 Å². The lowest BCUT2D eigenvalue weighted by Gasteiger charge is -2.20. The summed E-state index contributed by atoms with van der Waals surface area (Å²) in [5.41, 5.74) is 6.57. The molecule has 0 aliphatic heterocycles. The third-order valence-corrected chi connectivity index (χ3v) is 3.85. The van der Waals surface area contributed by atoms with Crippen LogP contribution in [0.2, 0.25) is 0 Å². The van der Waals surface area contributed by atoms with Gasteiger partial charge in [0.05, 0.1) is 5.56 Å². The number of nitrogen functional groups attached to an aromatic ring is 1. The van der Waals surface area contributed by atoms with Gasteiger partial charge in [0.15, 0.2) is 0 Å². The Morgan fingerprint density at radius 1 is 1.08 bits per heavy atom. The summed E-state index contributed by atoms with van der Waals surface area (Å²) in [7, 11) is 0. The Kier molecular flexibility index (Phi) is 5.11. The quantitative estimate of drug-likeness (QED) is 0.800. The Bertz CT molecular complexity index is 777. The SMILES string of the molecule is CC(C)(C)c1cc(N)cc(C(=O)NCc2ccccc2C(F)(F)F)c1. The van der Waals surface area contributed by atoms with E-state index in [2.05, 4.69) is 5.32 Å². The molecule has 0 bridgehead atoms. The smallest absolute Gasteiger partial charge is 0.399 e. The molecule has 134 valence electrons. The Morgan fingerprint density at radius 3 is 2.32 bits per heavy atom. The highest BCUT2D eigenvalue weighted by Gasteiger charge is 2.32. The molecule has 0 fully saturated rings. The zero-order chi connectivity index (χ0) is 18.8. The molecule has 3 nitrogen and oxygen atoms in total. The minimum absolute atomic E-state index is 0.0169. The normalized spacial score (nSPS) is 12.1. The minimum Gasteiger partial charge on any atom is -0.399 e. The van der Waals surface area contributed by atoms with E-state index in [4.69, 9.17) is 5.73 Å². The van der Waals surface area contributed by atoms with Gasteiger partial charge in [0, 0.05) is 17.8 Å². The van der Waals surface area contributed by atoms with Crippen LogP contribution in [-0.4, -0.2) is 5.91 Å². The molecule has 0 saturated carbocycles. The van der Waals surface area contributed by atoms with Gasteiger partial charge in [0.2, 0.25) is 0 Å². The lowest BCUT2D eigenvalue weighted by Crippen LogP contribution is -2.25. The number of carbonyl (C=O) groups is 1. The fourth-order valence-electron chi connectivity index (χ4n) is 2.44. The summed E-state index contributed by atoms with van der Waals surface area (Å²) in [5.74, 6) is -0.463. The zero-order valence-corrected chi connectivity index (χ0v) is 14.4. The second-order valence-electron chi connectivity index (χ2n) is 6.93. The Balaban J connectivity index is 2.21. The molecule has 2 aromatic carbocycles. The van der Waals surface area contributed by atoms with Crippen molar-refractivity contribution >= 4 is 11.6 Å². The molecule has 0 aliphatic rings. The van der Waals surface area contributed by atoms with Crippen LogP contribution < -0.4 is 11.1 Å². The number of amides is 1. The molecule has 25 heavy (non-hydrogen) atoms. The number of carbonyl (C=O) groups excluding carboxylic acids is 1. The van der Waals surface area contributed by atoms with Crippen molar-refractivity contribution in [3.8, 4) is 0 Å². The summed E-state index contributed by atoms with van der Waals surface area (Å²) in [6.45, 7) is 5.75. The van der Waals surface area contributed by atoms with Crippen LogP contribution >= 0.6 is 0 Å². The van der Waals surface area contributed by atoms with Crippen LogP contribution in [0.5, 0.6) is 0 Å². The van der Waals surface area contributed by atoms with Crippen molar-refractivity contribution in [2.45, 2.75) is 38.9 Å². The summed E-state index contributed by atoms with van der Waals surface area (Å²) >= 11 is 0. The van der Waals surface area contributed by atoms with E-state index in [0.29, 0.717) is 11.3 Å². The zero-order valence-electron chi connectivity index (χ0n) is 14.4. The van der Waals surface area contributed by atoms with E-state index in [-0.39, 0.29) is 17.5 Å². The van der Waals surface area contributed by atoms with Gasteiger partial charge in [-0.05, 0) is 40.8 Å². The number of rotatable bonds is 3. The molecular weight excluding hydrogens is 329 g/mol. The highest BCUT2D eigenvalue weighted by Crippen LogP contribution is 2.32. The maximum absolute atomic E-state index is 13.0. The van der Waals surface area contributed by atoms with Crippen LogP contribution in [0.3, 0.4) is 0 Å². The lowest BCUT2D eigenvalue weighted by atomic mass is 9.85. The van der Waals surface area contributed by atoms with E-state index in [1.165, 1.54) is 24.3 Å². The monoisotopic (exact) mass is 350 g/mol. The molecule has 0 atom stereocenters. The lowest BCUT2D eigenvalue weighted by molar-refractivity contribution is -0.138. The third kappa shape index (κ3) is 4.75. The first-order valence-electron chi connectivity index (χ1n) is 7.83. The van der Waals surface area contributed by atoms with E-state index in [0.717, 1.165) is 11.6 Å². The molecule has 0 aliphatic carbocycles. The molecule has 0 aromatic heterocycles. The maximum Gasteiger partial charge on any atom is 0.416 e. The van der Waals surface area contributed by atoms with Crippen LogP contribution in [0, 0.1) is 0 Å². The molecule has 6 heteroatoms. The van der Waals surface area contributed by atoms with E-state index in [1.807, 2.05) is 20.8 Å². The van der Waals surface area contributed by atoms with Crippen molar-refractivity contribution in [3.63, 3.8) is 0 Å². The van der Waals surface area contributed by atoms with Gasteiger partial charge in [-0.3, -0.25) is 4.79 Å². The number of benzene rings is 2. The van der Waals surface area contributed by atoms with Crippen molar-refractivity contribution in [2.24, 2.45) is 0 Å². The average molecular weight is 350 g/mol. The number of anilines is 1. The third-order valence-electron chi connectivity index (χ3n) is 3.85. The molecule has 2 rings (SSSR count). The second kappa shape index (κ2) is 6.78. The van der Waals surface area contributed by atoms with Crippen molar-refractivity contribution in [1.29, 1.82) is 0 Å². The van der Waals surface area contributed by atoms with E-state index >= 15 is 0 Å². The highest BCUT2D eigenvalue weighted by atomic mass is 19.4. The predicted molar refractivity (Wildman–Crippen MR) is 92.2 cm³/mol. The number of alkyl halides is 3. The average Bonchev–Trinajstić information content (AvgIpc) is 2.50. The van der Waals surface area contributed by atoms with Crippen molar-refractivity contribution in [2.75, 3.05) is 5.73 Å². The van der Waals surface area contributed by atoms with Crippen LogP contribution in [0.15, 0.2) is 42.5 Å².